The molecule has 0 saturated carbocycles. The molecule has 5 heteroatoms. The number of nitrogens with one attached hydrogen (secondary N) is 1. The molecule has 3 aromatic carbocycles. The van der Waals surface area contributed by atoms with Gasteiger partial charge in [-0.1, -0.05) is 66.7 Å². The van der Waals surface area contributed by atoms with E-state index in [9.17, 15) is 9.90 Å². The van der Waals surface area contributed by atoms with Gasteiger partial charge in [-0.25, -0.2) is 0 Å². The smallest absolute Gasteiger partial charge is 0.221 e. The van der Waals surface area contributed by atoms with Gasteiger partial charge in [-0.2, -0.15) is 0 Å². The van der Waals surface area contributed by atoms with E-state index in [1.54, 1.807) is 32.4 Å². The summed E-state index contributed by atoms with van der Waals surface area (Å²) < 4.78 is 10.5. The number of rotatable bonds is 9. The molecule has 1 atom stereocenters. The highest BCUT2D eigenvalue weighted by atomic mass is 16.5. The van der Waals surface area contributed by atoms with Crippen LogP contribution in [0.25, 0.3) is 0 Å². The molecule has 0 aliphatic rings. The van der Waals surface area contributed by atoms with Crippen LogP contribution in [0.3, 0.4) is 0 Å². The molecule has 1 amide bonds. The average Bonchev–Trinajstić information content (AvgIpc) is 2.81. The molecule has 0 spiro atoms. The fraction of sp³-hybridized carbons (Fsp3) is 0.240. The van der Waals surface area contributed by atoms with Crippen LogP contribution in [0.1, 0.15) is 35.1 Å². The summed E-state index contributed by atoms with van der Waals surface area (Å²) in [7, 11) is 3.10. The lowest BCUT2D eigenvalue weighted by atomic mass is 9.88. The minimum atomic E-state index is -0.847. The van der Waals surface area contributed by atoms with Crippen molar-refractivity contribution in [3.63, 3.8) is 0 Å². The molecular formula is C25H27NO4. The molecule has 2 N–H and O–H groups in total. The normalized spacial score (nSPS) is 11.7. The number of benzene rings is 3. The molecule has 0 unspecified atom stereocenters. The van der Waals surface area contributed by atoms with E-state index >= 15 is 0 Å². The number of aliphatic hydroxyl groups is 1. The number of carbonyl (C=O) groups is 1. The largest absolute Gasteiger partial charge is 0.493 e. The van der Waals surface area contributed by atoms with Crippen molar-refractivity contribution in [2.75, 3.05) is 20.8 Å². The van der Waals surface area contributed by atoms with Crippen LogP contribution >= 0.6 is 0 Å². The Labute approximate surface area is 177 Å². The number of methoxy groups -OCH3 is 2. The zero-order chi connectivity index (χ0) is 21.3. The standard InChI is InChI=1S/C25H27NO4/c1-29-23-14-13-20(15-24(23)30-2)22(27)17-26-25(28)16-21(18-9-5-3-6-10-18)19-11-7-4-8-12-19/h3-15,21-22,27H,16-17H2,1-2H3,(H,26,28)/t22-/m0/s1. The van der Waals surface area contributed by atoms with E-state index in [0.717, 1.165) is 11.1 Å². The lowest BCUT2D eigenvalue weighted by Crippen LogP contribution is -2.29. The summed E-state index contributed by atoms with van der Waals surface area (Å²) >= 11 is 0. The Morgan fingerprint density at radius 3 is 1.93 bits per heavy atom. The van der Waals surface area contributed by atoms with Crippen LogP contribution in [0.5, 0.6) is 11.5 Å². The zero-order valence-electron chi connectivity index (χ0n) is 17.2. The number of carbonyl (C=O) groups excluding carboxylic acids is 1. The highest BCUT2D eigenvalue weighted by Crippen LogP contribution is 2.30. The van der Waals surface area contributed by atoms with Gasteiger partial charge in [-0.05, 0) is 28.8 Å². The van der Waals surface area contributed by atoms with Crippen LogP contribution in [0, 0.1) is 0 Å². The van der Waals surface area contributed by atoms with Crippen molar-refractivity contribution in [3.8, 4) is 11.5 Å². The summed E-state index contributed by atoms with van der Waals surface area (Å²) in [5.74, 6) is 0.956. The van der Waals surface area contributed by atoms with E-state index in [2.05, 4.69) is 5.32 Å². The fourth-order valence-corrected chi connectivity index (χ4v) is 3.44. The first-order valence-corrected chi connectivity index (χ1v) is 9.89. The van der Waals surface area contributed by atoms with Gasteiger partial charge in [0.1, 0.15) is 0 Å². The summed E-state index contributed by atoms with van der Waals surface area (Å²) in [6.45, 7) is 0.116. The molecule has 3 rings (SSSR count). The Balaban J connectivity index is 1.66. The van der Waals surface area contributed by atoms with Crippen molar-refractivity contribution >= 4 is 5.91 Å². The van der Waals surface area contributed by atoms with Gasteiger partial charge in [-0.3, -0.25) is 4.79 Å². The minimum Gasteiger partial charge on any atom is -0.493 e. The number of hydrogen-bond donors (Lipinski definition) is 2. The van der Waals surface area contributed by atoms with Gasteiger partial charge < -0.3 is 19.9 Å². The molecule has 156 valence electrons. The maximum atomic E-state index is 12.7. The van der Waals surface area contributed by atoms with E-state index in [0.29, 0.717) is 23.5 Å². The van der Waals surface area contributed by atoms with Gasteiger partial charge in [0, 0.05) is 18.9 Å². The van der Waals surface area contributed by atoms with Crippen molar-refractivity contribution < 1.29 is 19.4 Å². The predicted octanol–water partition coefficient (Wildman–Crippen LogP) is 4.08. The first-order chi connectivity index (χ1) is 14.6. The van der Waals surface area contributed by atoms with Crippen molar-refractivity contribution in [1.29, 1.82) is 0 Å². The third-order valence-corrected chi connectivity index (χ3v) is 5.08. The quantitative estimate of drug-likeness (QED) is 0.563. The number of amides is 1. The maximum Gasteiger partial charge on any atom is 0.221 e. The highest BCUT2D eigenvalue weighted by molar-refractivity contribution is 5.77. The van der Waals surface area contributed by atoms with Crippen LogP contribution in [-0.4, -0.2) is 31.8 Å². The SMILES string of the molecule is COc1ccc([C@@H](O)CNC(=O)CC(c2ccccc2)c2ccccc2)cc1OC. The molecule has 0 radical (unpaired) electrons. The Morgan fingerprint density at radius 2 is 1.40 bits per heavy atom. The molecular weight excluding hydrogens is 378 g/mol. The van der Waals surface area contributed by atoms with Crippen molar-refractivity contribution in [2.45, 2.75) is 18.4 Å². The maximum absolute atomic E-state index is 12.7. The van der Waals surface area contributed by atoms with Gasteiger partial charge in [-0.15, -0.1) is 0 Å². The fourth-order valence-electron chi connectivity index (χ4n) is 3.44. The Bertz CT molecular complexity index is 904. The second kappa shape index (κ2) is 10.5. The molecule has 3 aromatic rings. The van der Waals surface area contributed by atoms with E-state index in [-0.39, 0.29) is 18.4 Å². The molecule has 0 bridgehead atoms. The summed E-state index contributed by atoms with van der Waals surface area (Å²) in [4.78, 5) is 12.7. The van der Waals surface area contributed by atoms with Gasteiger partial charge in [0.25, 0.3) is 0 Å². The first kappa shape index (κ1) is 21.4. The van der Waals surface area contributed by atoms with Crippen LogP contribution in [0.4, 0.5) is 0 Å². The predicted molar refractivity (Wildman–Crippen MR) is 117 cm³/mol. The third-order valence-electron chi connectivity index (χ3n) is 5.08. The number of hydrogen-bond acceptors (Lipinski definition) is 4. The summed E-state index contributed by atoms with van der Waals surface area (Å²) in [6.07, 6.45) is -0.548. The van der Waals surface area contributed by atoms with Gasteiger partial charge in [0.05, 0.1) is 20.3 Å². The monoisotopic (exact) mass is 405 g/mol. The van der Waals surface area contributed by atoms with E-state index in [1.807, 2.05) is 60.7 Å². The van der Waals surface area contributed by atoms with Gasteiger partial charge in [0.15, 0.2) is 11.5 Å². The molecule has 5 nitrogen and oxygen atoms in total. The second-order valence-corrected chi connectivity index (χ2v) is 7.01. The number of ether oxygens (including phenoxy) is 2. The molecule has 0 aromatic heterocycles. The summed E-state index contributed by atoms with van der Waals surface area (Å²) in [6, 6.07) is 25.2. The van der Waals surface area contributed by atoms with E-state index in [4.69, 9.17) is 9.47 Å². The molecule has 0 aliphatic heterocycles. The van der Waals surface area contributed by atoms with Gasteiger partial charge in [0.2, 0.25) is 5.91 Å². The second-order valence-electron chi connectivity index (χ2n) is 7.01. The Kier molecular flexibility index (Phi) is 7.46. The molecule has 0 aliphatic carbocycles. The van der Waals surface area contributed by atoms with Crippen molar-refractivity contribution in [1.82, 2.24) is 5.32 Å². The molecule has 0 fully saturated rings. The van der Waals surface area contributed by atoms with Crippen LogP contribution in [0.2, 0.25) is 0 Å². The Morgan fingerprint density at radius 1 is 0.833 bits per heavy atom. The third kappa shape index (κ3) is 5.39. The Hall–Kier alpha value is -3.31. The van der Waals surface area contributed by atoms with Gasteiger partial charge >= 0.3 is 0 Å². The average molecular weight is 405 g/mol. The van der Waals surface area contributed by atoms with E-state index in [1.165, 1.54) is 0 Å². The first-order valence-electron chi connectivity index (χ1n) is 9.89. The summed E-state index contributed by atoms with van der Waals surface area (Å²) in [5, 5.41) is 13.4. The van der Waals surface area contributed by atoms with Crippen molar-refractivity contribution in [2.24, 2.45) is 0 Å². The minimum absolute atomic E-state index is 0.0503. The lowest BCUT2D eigenvalue weighted by molar-refractivity contribution is -0.121. The van der Waals surface area contributed by atoms with Crippen molar-refractivity contribution in [3.05, 3.63) is 95.6 Å². The number of aliphatic hydroxyl groups excluding tert-OH is 1. The van der Waals surface area contributed by atoms with Crippen LogP contribution in [0.15, 0.2) is 78.9 Å². The summed E-state index contributed by atoms with van der Waals surface area (Å²) in [5.41, 5.74) is 2.81. The molecule has 30 heavy (non-hydrogen) atoms. The van der Waals surface area contributed by atoms with E-state index < -0.39 is 6.10 Å². The molecule has 0 saturated heterocycles. The zero-order valence-corrected chi connectivity index (χ0v) is 17.2. The highest BCUT2D eigenvalue weighted by Gasteiger charge is 2.19. The van der Waals surface area contributed by atoms with Crippen LogP contribution in [-0.2, 0) is 4.79 Å². The topological polar surface area (TPSA) is 67.8 Å². The lowest BCUT2D eigenvalue weighted by Gasteiger charge is -2.19. The van der Waals surface area contributed by atoms with Crippen LogP contribution < -0.4 is 14.8 Å². The molecule has 0 heterocycles.